The van der Waals surface area contributed by atoms with Crippen molar-refractivity contribution < 1.29 is 14.3 Å². The zero-order chi connectivity index (χ0) is 22.0. The molecule has 1 atom stereocenters. The highest BCUT2D eigenvalue weighted by Crippen LogP contribution is 2.31. The fourth-order valence-electron chi connectivity index (χ4n) is 3.59. The highest BCUT2D eigenvalue weighted by Gasteiger charge is 2.30. The average Bonchev–Trinajstić information content (AvgIpc) is 3.18. The van der Waals surface area contributed by atoms with Crippen LogP contribution in [0.1, 0.15) is 45.2 Å². The van der Waals surface area contributed by atoms with E-state index >= 15 is 0 Å². The van der Waals surface area contributed by atoms with E-state index in [0.717, 1.165) is 12.8 Å². The molecule has 1 amide bonds. The Morgan fingerprint density at radius 3 is 2.84 bits per heavy atom. The minimum absolute atomic E-state index is 0.0343. The number of nitriles is 1. The molecule has 0 saturated carbocycles. The van der Waals surface area contributed by atoms with Crippen LogP contribution in [0.4, 0.5) is 4.79 Å². The molecule has 1 aliphatic heterocycles. The van der Waals surface area contributed by atoms with Gasteiger partial charge >= 0.3 is 6.09 Å². The summed E-state index contributed by atoms with van der Waals surface area (Å²) in [5.74, 6) is 0.755. The molecule has 9 nitrogen and oxygen atoms in total. The van der Waals surface area contributed by atoms with Gasteiger partial charge in [0.15, 0.2) is 5.65 Å². The number of hydrogen-bond acceptors (Lipinski definition) is 7. The Morgan fingerprint density at radius 2 is 2.06 bits per heavy atom. The van der Waals surface area contributed by atoms with Crippen LogP contribution in [-0.2, 0) is 4.74 Å². The fourth-order valence-corrected chi connectivity index (χ4v) is 3.59. The van der Waals surface area contributed by atoms with Gasteiger partial charge in [-0.2, -0.15) is 10.4 Å². The maximum Gasteiger partial charge on any atom is 0.410 e. The SMILES string of the molecule is CC(C)(C)OC(=O)N1CCCC(n2ncc3c(Oc4ccccc4C#N)ncnc32)C1. The summed E-state index contributed by atoms with van der Waals surface area (Å²) in [4.78, 5) is 22.9. The van der Waals surface area contributed by atoms with Crippen LogP contribution < -0.4 is 4.74 Å². The van der Waals surface area contributed by atoms with Crippen molar-refractivity contribution in [3.05, 3.63) is 42.4 Å². The van der Waals surface area contributed by atoms with E-state index in [0.29, 0.717) is 41.3 Å². The predicted molar refractivity (Wildman–Crippen MR) is 113 cm³/mol. The molecule has 3 heterocycles. The van der Waals surface area contributed by atoms with Crippen LogP contribution in [0.3, 0.4) is 0 Å². The Hall–Kier alpha value is -3.67. The summed E-state index contributed by atoms with van der Waals surface area (Å²) in [7, 11) is 0. The van der Waals surface area contributed by atoms with Crippen LogP contribution in [0.15, 0.2) is 36.8 Å². The number of aromatic nitrogens is 4. The summed E-state index contributed by atoms with van der Waals surface area (Å²) in [5.41, 5.74) is 0.499. The van der Waals surface area contributed by atoms with Crippen LogP contribution in [0.25, 0.3) is 11.0 Å². The standard InChI is InChI=1S/C22H24N6O3/c1-22(2,3)31-21(29)27-10-6-8-16(13-27)28-19-17(12-26-28)20(25-14-24-19)30-18-9-5-4-7-15(18)11-23/h4-5,7,9,12,14,16H,6,8,10,13H2,1-3H3. The number of amides is 1. The van der Waals surface area contributed by atoms with Gasteiger partial charge in [0.25, 0.3) is 0 Å². The zero-order valence-electron chi connectivity index (χ0n) is 17.8. The normalized spacial score (nSPS) is 16.7. The number of fused-ring (bicyclic) bond motifs is 1. The van der Waals surface area contributed by atoms with Crippen LogP contribution in [0.2, 0.25) is 0 Å². The average molecular weight is 420 g/mol. The summed E-state index contributed by atoms with van der Waals surface area (Å²) in [6.07, 6.45) is 4.47. The number of para-hydroxylation sites is 1. The molecule has 3 aromatic rings. The van der Waals surface area contributed by atoms with Gasteiger partial charge in [0.2, 0.25) is 5.88 Å². The molecule has 0 radical (unpaired) electrons. The van der Waals surface area contributed by atoms with Crippen molar-refractivity contribution in [2.45, 2.75) is 45.3 Å². The maximum atomic E-state index is 12.5. The van der Waals surface area contributed by atoms with E-state index in [1.165, 1.54) is 6.33 Å². The largest absolute Gasteiger partial charge is 0.444 e. The van der Waals surface area contributed by atoms with Crippen LogP contribution in [0, 0.1) is 11.3 Å². The maximum absolute atomic E-state index is 12.5. The molecule has 160 valence electrons. The molecule has 2 aromatic heterocycles. The highest BCUT2D eigenvalue weighted by molar-refractivity contribution is 5.80. The minimum atomic E-state index is -0.540. The summed E-state index contributed by atoms with van der Waals surface area (Å²) < 4.78 is 13.3. The monoisotopic (exact) mass is 420 g/mol. The number of nitrogens with zero attached hydrogens (tertiary/aromatic N) is 6. The van der Waals surface area contributed by atoms with Gasteiger partial charge in [0.05, 0.1) is 17.8 Å². The molecule has 0 bridgehead atoms. The van der Waals surface area contributed by atoms with Crippen LogP contribution >= 0.6 is 0 Å². The molecule has 1 unspecified atom stereocenters. The van der Waals surface area contributed by atoms with Crippen LogP contribution in [-0.4, -0.2) is 49.4 Å². The van der Waals surface area contributed by atoms with Crippen molar-refractivity contribution in [2.24, 2.45) is 0 Å². The van der Waals surface area contributed by atoms with Crippen molar-refractivity contribution >= 4 is 17.1 Å². The Balaban J connectivity index is 1.59. The van der Waals surface area contributed by atoms with E-state index in [-0.39, 0.29) is 12.1 Å². The lowest BCUT2D eigenvalue weighted by molar-refractivity contribution is 0.0169. The molecule has 1 fully saturated rings. The molecular formula is C22H24N6O3. The number of likely N-dealkylation sites (tertiary alicyclic amines) is 1. The third-order valence-corrected chi connectivity index (χ3v) is 4.96. The van der Waals surface area contributed by atoms with Crippen molar-refractivity contribution in [1.29, 1.82) is 5.26 Å². The van der Waals surface area contributed by atoms with E-state index in [9.17, 15) is 10.1 Å². The molecule has 1 aliphatic rings. The van der Waals surface area contributed by atoms with Crippen molar-refractivity contribution in [2.75, 3.05) is 13.1 Å². The van der Waals surface area contributed by atoms with Crippen LogP contribution in [0.5, 0.6) is 11.6 Å². The third-order valence-electron chi connectivity index (χ3n) is 4.96. The molecule has 31 heavy (non-hydrogen) atoms. The first kappa shape index (κ1) is 20.6. The Labute approximate surface area is 180 Å². The van der Waals surface area contributed by atoms with Crippen molar-refractivity contribution in [3.63, 3.8) is 0 Å². The number of carbonyl (C=O) groups excluding carboxylic acids is 1. The number of ether oxygens (including phenoxy) is 2. The second-order valence-corrected chi connectivity index (χ2v) is 8.44. The number of rotatable bonds is 3. The predicted octanol–water partition coefficient (Wildman–Crippen LogP) is 4.06. The van der Waals surface area contributed by atoms with E-state index in [1.807, 2.05) is 25.5 Å². The lowest BCUT2D eigenvalue weighted by Gasteiger charge is -2.34. The van der Waals surface area contributed by atoms with Gasteiger partial charge in [-0.3, -0.25) is 0 Å². The molecule has 9 heteroatoms. The Bertz CT molecular complexity index is 1140. The molecule has 0 N–H and O–H groups in total. The summed E-state index contributed by atoms with van der Waals surface area (Å²) in [6.45, 7) is 6.71. The van der Waals surface area contributed by atoms with Crippen molar-refractivity contribution in [1.82, 2.24) is 24.6 Å². The van der Waals surface area contributed by atoms with E-state index in [1.54, 1.807) is 35.4 Å². The third kappa shape index (κ3) is 4.43. The lowest BCUT2D eigenvalue weighted by Crippen LogP contribution is -2.43. The lowest BCUT2D eigenvalue weighted by atomic mass is 10.1. The second kappa shape index (κ2) is 8.22. The number of carbonyl (C=O) groups is 1. The van der Waals surface area contributed by atoms with Gasteiger partial charge in [-0.25, -0.2) is 19.4 Å². The smallest absolute Gasteiger partial charge is 0.410 e. The molecule has 0 aliphatic carbocycles. The molecule has 1 aromatic carbocycles. The molecular weight excluding hydrogens is 396 g/mol. The van der Waals surface area contributed by atoms with E-state index in [2.05, 4.69) is 21.1 Å². The number of benzene rings is 1. The first-order valence-electron chi connectivity index (χ1n) is 10.2. The number of hydrogen-bond donors (Lipinski definition) is 0. The van der Waals surface area contributed by atoms with E-state index in [4.69, 9.17) is 9.47 Å². The van der Waals surface area contributed by atoms with E-state index < -0.39 is 5.60 Å². The minimum Gasteiger partial charge on any atom is -0.444 e. The summed E-state index contributed by atoms with van der Waals surface area (Å²) in [5, 5.41) is 14.5. The Morgan fingerprint density at radius 1 is 1.26 bits per heavy atom. The number of piperidine rings is 1. The van der Waals surface area contributed by atoms with Gasteiger partial charge in [0, 0.05) is 13.1 Å². The zero-order valence-corrected chi connectivity index (χ0v) is 17.8. The van der Waals surface area contributed by atoms with Gasteiger partial charge in [-0.1, -0.05) is 12.1 Å². The second-order valence-electron chi connectivity index (χ2n) is 8.44. The quantitative estimate of drug-likeness (QED) is 0.629. The van der Waals surface area contributed by atoms with Gasteiger partial charge in [-0.15, -0.1) is 0 Å². The highest BCUT2D eigenvalue weighted by atomic mass is 16.6. The van der Waals surface area contributed by atoms with Gasteiger partial charge in [0.1, 0.15) is 29.1 Å². The first-order chi connectivity index (χ1) is 14.9. The molecule has 0 spiro atoms. The Kier molecular flexibility index (Phi) is 5.46. The summed E-state index contributed by atoms with van der Waals surface area (Å²) >= 11 is 0. The van der Waals surface area contributed by atoms with Crippen molar-refractivity contribution in [3.8, 4) is 17.7 Å². The molecule has 1 saturated heterocycles. The fraction of sp³-hybridized carbons (Fsp3) is 0.409. The topological polar surface area (TPSA) is 106 Å². The van der Waals surface area contributed by atoms with Gasteiger partial charge in [-0.05, 0) is 45.7 Å². The summed E-state index contributed by atoms with van der Waals surface area (Å²) in [6, 6.07) is 9.06. The van der Waals surface area contributed by atoms with Gasteiger partial charge < -0.3 is 14.4 Å². The first-order valence-corrected chi connectivity index (χ1v) is 10.2. The molecule has 4 rings (SSSR count).